The van der Waals surface area contributed by atoms with E-state index in [0.717, 1.165) is 11.4 Å². The lowest BCUT2D eigenvalue weighted by atomic mass is 10.1. The standard InChI is InChI=1S/C13H16N8/c1-9(2)12-13(14)16-18-20(12)8-11-15-17-19-21(11)10-6-4-3-5-7-10/h3-7,9H,8,14H2,1-2H3. The molecule has 0 aliphatic rings. The predicted octanol–water partition coefficient (Wildman–Crippen LogP) is 1.01. The van der Waals surface area contributed by atoms with Crippen LogP contribution in [-0.2, 0) is 6.54 Å². The van der Waals surface area contributed by atoms with Crippen LogP contribution in [0.1, 0.15) is 31.3 Å². The van der Waals surface area contributed by atoms with Gasteiger partial charge in [0.25, 0.3) is 0 Å². The summed E-state index contributed by atoms with van der Waals surface area (Å²) >= 11 is 0. The van der Waals surface area contributed by atoms with Gasteiger partial charge in [0.05, 0.1) is 11.4 Å². The summed E-state index contributed by atoms with van der Waals surface area (Å²) in [6.07, 6.45) is 0. The Labute approximate surface area is 121 Å². The van der Waals surface area contributed by atoms with Crippen LogP contribution in [0.15, 0.2) is 30.3 Å². The number of tetrazole rings is 1. The summed E-state index contributed by atoms with van der Waals surface area (Å²) in [5, 5.41) is 19.9. The van der Waals surface area contributed by atoms with Gasteiger partial charge >= 0.3 is 0 Å². The van der Waals surface area contributed by atoms with Gasteiger partial charge in [-0.2, -0.15) is 4.68 Å². The molecule has 0 saturated heterocycles. The van der Waals surface area contributed by atoms with Crippen molar-refractivity contribution in [3.05, 3.63) is 41.9 Å². The molecule has 0 amide bonds. The highest BCUT2D eigenvalue weighted by Crippen LogP contribution is 2.20. The lowest BCUT2D eigenvalue weighted by Crippen LogP contribution is -2.13. The van der Waals surface area contributed by atoms with E-state index in [1.807, 2.05) is 44.2 Å². The van der Waals surface area contributed by atoms with Gasteiger partial charge in [-0.1, -0.05) is 37.3 Å². The van der Waals surface area contributed by atoms with Crippen molar-refractivity contribution in [3.63, 3.8) is 0 Å². The minimum atomic E-state index is 0.223. The molecule has 2 aromatic heterocycles. The molecular formula is C13H16N8. The summed E-state index contributed by atoms with van der Waals surface area (Å²) in [4.78, 5) is 0. The summed E-state index contributed by atoms with van der Waals surface area (Å²) < 4.78 is 3.42. The highest BCUT2D eigenvalue weighted by molar-refractivity contribution is 5.35. The largest absolute Gasteiger partial charge is 0.381 e. The summed E-state index contributed by atoms with van der Waals surface area (Å²) in [5.41, 5.74) is 7.65. The zero-order chi connectivity index (χ0) is 14.8. The Kier molecular flexibility index (Phi) is 3.35. The van der Waals surface area contributed by atoms with Crippen molar-refractivity contribution in [2.24, 2.45) is 0 Å². The minimum absolute atomic E-state index is 0.223. The zero-order valence-corrected chi connectivity index (χ0v) is 11.9. The van der Waals surface area contributed by atoms with Crippen LogP contribution in [0, 0.1) is 0 Å². The van der Waals surface area contributed by atoms with Crippen molar-refractivity contribution in [2.75, 3.05) is 5.73 Å². The number of anilines is 1. The Morgan fingerprint density at radius 2 is 1.86 bits per heavy atom. The molecule has 0 fully saturated rings. The van der Waals surface area contributed by atoms with E-state index in [1.165, 1.54) is 0 Å². The molecule has 2 N–H and O–H groups in total. The average molecular weight is 284 g/mol. The fourth-order valence-corrected chi connectivity index (χ4v) is 2.25. The average Bonchev–Trinajstić information content (AvgIpc) is 3.07. The Hall–Kier alpha value is -2.77. The van der Waals surface area contributed by atoms with Crippen LogP contribution >= 0.6 is 0 Å². The third-order valence-electron chi connectivity index (χ3n) is 3.17. The lowest BCUT2D eigenvalue weighted by molar-refractivity contribution is 0.570. The number of hydrogen-bond donors (Lipinski definition) is 1. The van der Waals surface area contributed by atoms with Crippen molar-refractivity contribution in [1.29, 1.82) is 0 Å². The second-order valence-electron chi connectivity index (χ2n) is 5.01. The van der Waals surface area contributed by atoms with Gasteiger partial charge in [-0.3, -0.25) is 0 Å². The lowest BCUT2D eigenvalue weighted by Gasteiger charge is -2.09. The van der Waals surface area contributed by atoms with E-state index in [2.05, 4.69) is 25.8 Å². The normalized spacial score (nSPS) is 11.2. The Balaban J connectivity index is 1.96. The van der Waals surface area contributed by atoms with Crippen LogP contribution in [0.2, 0.25) is 0 Å². The van der Waals surface area contributed by atoms with Crippen LogP contribution in [0.5, 0.6) is 0 Å². The Morgan fingerprint density at radius 3 is 2.57 bits per heavy atom. The minimum Gasteiger partial charge on any atom is -0.381 e. The molecule has 0 radical (unpaired) electrons. The van der Waals surface area contributed by atoms with Gasteiger partial charge in [0.15, 0.2) is 11.6 Å². The monoisotopic (exact) mass is 284 g/mol. The molecule has 0 spiro atoms. The zero-order valence-electron chi connectivity index (χ0n) is 11.9. The topological polar surface area (TPSA) is 100 Å². The summed E-state index contributed by atoms with van der Waals surface area (Å²) in [5.74, 6) is 1.35. The van der Waals surface area contributed by atoms with E-state index in [4.69, 9.17) is 5.73 Å². The maximum absolute atomic E-state index is 5.87. The third-order valence-corrected chi connectivity index (χ3v) is 3.17. The van der Waals surface area contributed by atoms with Gasteiger partial charge in [0, 0.05) is 0 Å². The number of para-hydroxylation sites is 1. The molecule has 8 nitrogen and oxygen atoms in total. The first-order valence-electron chi connectivity index (χ1n) is 6.68. The Morgan fingerprint density at radius 1 is 1.10 bits per heavy atom. The molecule has 0 atom stereocenters. The maximum Gasteiger partial charge on any atom is 0.178 e. The van der Waals surface area contributed by atoms with Gasteiger partial charge in [-0.25, -0.2) is 4.68 Å². The number of nitrogens with two attached hydrogens (primary N) is 1. The van der Waals surface area contributed by atoms with Crippen molar-refractivity contribution in [2.45, 2.75) is 26.3 Å². The fraction of sp³-hybridized carbons (Fsp3) is 0.308. The molecule has 1 aromatic carbocycles. The van der Waals surface area contributed by atoms with Crippen LogP contribution in [0.3, 0.4) is 0 Å². The molecular weight excluding hydrogens is 268 g/mol. The summed E-state index contributed by atoms with van der Waals surface area (Å²) in [6, 6.07) is 9.71. The first-order valence-corrected chi connectivity index (χ1v) is 6.68. The maximum atomic E-state index is 5.87. The molecule has 0 aliphatic carbocycles. The molecule has 0 aliphatic heterocycles. The first kappa shape index (κ1) is 13.2. The van der Waals surface area contributed by atoms with Crippen molar-refractivity contribution < 1.29 is 0 Å². The number of nitrogen functional groups attached to an aromatic ring is 1. The van der Waals surface area contributed by atoms with Crippen LogP contribution < -0.4 is 5.73 Å². The molecule has 108 valence electrons. The van der Waals surface area contributed by atoms with Crippen LogP contribution in [0.4, 0.5) is 5.82 Å². The molecule has 3 rings (SSSR count). The Bertz CT molecular complexity index is 728. The van der Waals surface area contributed by atoms with Gasteiger partial charge in [0.1, 0.15) is 6.54 Å². The number of aromatic nitrogens is 7. The van der Waals surface area contributed by atoms with Gasteiger partial charge in [-0.05, 0) is 28.5 Å². The smallest absolute Gasteiger partial charge is 0.178 e. The third kappa shape index (κ3) is 2.47. The van der Waals surface area contributed by atoms with E-state index in [0.29, 0.717) is 18.2 Å². The van der Waals surface area contributed by atoms with E-state index in [9.17, 15) is 0 Å². The highest BCUT2D eigenvalue weighted by Gasteiger charge is 2.17. The molecule has 8 heteroatoms. The second kappa shape index (κ2) is 5.31. The van der Waals surface area contributed by atoms with Gasteiger partial charge in [0.2, 0.25) is 0 Å². The molecule has 21 heavy (non-hydrogen) atoms. The first-order chi connectivity index (χ1) is 10.2. The quantitative estimate of drug-likeness (QED) is 0.767. The number of nitrogens with zero attached hydrogens (tertiary/aromatic N) is 7. The van der Waals surface area contributed by atoms with E-state index in [1.54, 1.807) is 9.36 Å². The number of hydrogen-bond acceptors (Lipinski definition) is 6. The highest BCUT2D eigenvalue weighted by atomic mass is 15.6. The fourth-order valence-electron chi connectivity index (χ4n) is 2.25. The van der Waals surface area contributed by atoms with Gasteiger partial charge in [-0.15, -0.1) is 10.2 Å². The number of rotatable bonds is 4. The SMILES string of the molecule is CC(C)c1c(N)nnn1Cc1nnnn1-c1ccccc1. The molecule has 2 heterocycles. The molecule has 3 aromatic rings. The van der Waals surface area contributed by atoms with Crippen LogP contribution in [0.25, 0.3) is 5.69 Å². The van der Waals surface area contributed by atoms with Gasteiger partial charge < -0.3 is 5.73 Å². The molecule has 0 saturated carbocycles. The van der Waals surface area contributed by atoms with E-state index in [-0.39, 0.29) is 5.92 Å². The van der Waals surface area contributed by atoms with Crippen molar-refractivity contribution in [1.82, 2.24) is 35.2 Å². The molecule has 0 unspecified atom stereocenters. The number of benzene rings is 1. The van der Waals surface area contributed by atoms with E-state index >= 15 is 0 Å². The second-order valence-corrected chi connectivity index (χ2v) is 5.01. The van der Waals surface area contributed by atoms with Crippen molar-refractivity contribution in [3.8, 4) is 5.69 Å². The van der Waals surface area contributed by atoms with Crippen molar-refractivity contribution >= 4 is 5.82 Å². The van der Waals surface area contributed by atoms with Crippen LogP contribution in [-0.4, -0.2) is 35.2 Å². The predicted molar refractivity (Wildman–Crippen MR) is 76.8 cm³/mol. The summed E-state index contributed by atoms with van der Waals surface area (Å²) in [6.45, 7) is 4.51. The van der Waals surface area contributed by atoms with E-state index < -0.39 is 0 Å². The molecule has 0 bridgehead atoms. The summed E-state index contributed by atoms with van der Waals surface area (Å²) in [7, 11) is 0.